The molecule has 0 saturated carbocycles. The molecule has 3 aromatic rings. The third-order valence-corrected chi connectivity index (χ3v) is 5.69. The van der Waals surface area contributed by atoms with E-state index in [0.717, 1.165) is 16.7 Å². The van der Waals surface area contributed by atoms with Gasteiger partial charge in [0.25, 0.3) is 0 Å². The first-order valence-corrected chi connectivity index (χ1v) is 12.6. The van der Waals surface area contributed by atoms with Crippen molar-refractivity contribution in [2.24, 2.45) is 0 Å². The first kappa shape index (κ1) is 27.6. The fraction of sp³-hybridized carbons (Fsp3) is 0.233. The Kier molecular flexibility index (Phi) is 12.1. The summed E-state index contributed by atoms with van der Waals surface area (Å²) in [5.74, 6) is -0.470. The van der Waals surface area contributed by atoms with Gasteiger partial charge in [0, 0.05) is 6.08 Å². The molecule has 3 rings (SSSR count). The smallest absolute Gasteiger partial charge is 0.330 e. The van der Waals surface area contributed by atoms with Crippen molar-refractivity contribution in [2.75, 3.05) is 7.11 Å². The van der Waals surface area contributed by atoms with E-state index in [1.54, 1.807) is 11.1 Å². The Hall–Kier alpha value is -3.03. The lowest BCUT2D eigenvalue weighted by Gasteiger charge is -2.31. The Balaban J connectivity index is 1.87. The van der Waals surface area contributed by atoms with Crippen molar-refractivity contribution in [3.63, 3.8) is 0 Å². The Morgan fingerprint density at radius 2 is 1.11 bits per heavy atom. The van der Waals surface area contributed by atoms with Gasteiger partial charge in [-0.25, -0.2) is 4.79 Å². The molecule has 0 aliphatic rings. The van der Waals surface area contributed by atoms with Crippen LogP contribution in [0.2, 0.25) is 0 Å². The van der Waals surface area contributed by atoms with Gasteiger partial charge in [0.15, 0.2) is 0 Å². The topological polar surface area (TPSA) is 54.0 Å². The number of ether oxygens (including phenoxy) is 4. The number of benzene rings is 3. The summed E-state index contributed by atoms with van der Waals surface area (Å²) in [5, 5.41) is 0. The molecule has 0 unspecified atom stereocenters. The molecule has 36 heavy (non-hydrogen) atoms. The van der Waals surface area contributed by atoms with E-state index in [2.05, 4.69) is 15.9 Å². The number of esters is 1. The van der Waals surface area contributed by atoms with E-state index in [0.29, 0.717) is 19.8 Å². The van der Waals surface area contributed by atoms with Crippen molar-refractivity contribution in [3.8, 4) is 0 Å². The molecule has 0 bridgehead atoms. The molecule has 5 nitrogen and oxygen atoms in total. The Bertz CT molecular complexity index is 1070. The molecule has 188 valence electrons. The van der Waals surface area contributed by atoms with Gasteiger partial charge in [0.1, 0.15) is 18.3 Å². The average molecular weight is 551 g/mol. The Morgan fingerprint density at radius 3 is 1.53 bits per heavy atom. The molecule has 0 saturated heterocycles. The molecular formula is C30H31BrO5. The van der Waals surface area contributed by atoms with Crippen LogP contribution in [0, 0.1) is 0 Å². The molecule has 0 heterocycles. The third kappa shape index (κ3) is 9.55. The minimum absolute atomic E-state index is 0.339. The van der Waals surface area contributed by atoms with E-state index in [1.165, 1.54) is 13.2 Å². The maximum absolute atomic E-state index is 11.9. The second-order valence-electron chi connectivity index (χ2n) is 7.98. The van der Waals surface area contributed by atoms with Gasteiger partial charge in [-0.2, -0.15) is 0 Å². The molecule has 0 fully saturated rings. The van der Waals surface area contributed by atoms with Gasteiger partial charge in [-0.1, -0.05) is 107 Å². The predicted octanol–water partition coefficient (Wildman–Crippen LogP) is 6.38. The quantitative estimate of drug-likeness (QED) is 0.172. The molecule has 0 spiro atoms. The van der Waals surface area contributed by atoms with Crippen molar-refractivity contribution >= 4 is 21.9 Å². The van der Waals surface area contributed by atoms with Gasteiger partial charge in [-0.15, -0.1) is 0 Å². The van der Waals surface area contributed by atoms with E-state index >= 15 is 0 Å². The number of carbonyl (C=O) groups is 1. The molecular weight excluding hydrogens is 520 g/mol. The lowest BCUT2D eigenvalue weighted by Crippen LogP contribution is -2.41. The fourth-order valence-corrected chi connectivity index (χ4v) is 3.81. The van der Waals surface area contributed by atoms with Crippen molar-refractivity contribution in [1.29, 1.82) is 0 Å². The number of halogens is 1. The number of hydrogen-bond donors (Lipinski definition) is 0. The van der Waals surface area contributed by atoms with Gasteiger partial charge in [0.05, 0.1) is 26.9 Å². The van der Waals surface area contributed by atoms with Crippen molar-refractivity contribution in [2.45, 2.75) is 38.1 Å². The molecule has 0 radical (unpaired) electrons. The second-order valence-corrected chi connectivity index (χ2v) is 8.51. The summed E-state index contributed by atoms with van der Waals surface area (Å²) < 4.78 is 23.9. The normalized spacial score (nSPS) is 14.1. The molecule has 6 heteroatoms. The van der Waals surface area contributed by atoms with Gasteiger partial charge in [-0.3, -0.25) is 0 Å². The van der Waals surface area contributed by atoms with Crippen LogP contribution in [-0.2, 0) is 43.6 Å². The number of carbonyl (C=O) groups excluding carboxylic acids is 1. The number of hydrogen-bond acceptors (Lipinski definition) is 5. The highest BCUT2D eigenvalue weighted by Gasteiger charge is 2.30. The fourth-order valence-electron chi connectivity index (χ4n) is 3.51. The van der Waals surface area contributed by atoms with E-state index in [9.17, 15) is 4.79 Å². The number of methoxy groups -OCH3 is 1. The van der Waals surface area contributed by atoms with E-state index in [4.69, 9.17) is 18.9 Å². The van der Waals surface area contributed by atoms with Gasteiger partial charge >= 0.3 is 5.97 Å². The van der Waals surface area contributed by atoms with E-state index < -0.39 is 24.3 Å². The zero-order chi connectivity index (χ0) is 25.4. The van der Waals surface area contributed by atoms with Crippen LogP contribution in [0.3, 0.4) is 0 Å². The van der Waals surface area contributed by atoms with E-state index in [1.807, 2.05) is 97.1 Å². The largest absolute Gasteiger partial charge is 0.466 e. The average Bonchev–Trinajstić information content (AvgIpc) is 2.94. The second kappa shape index (κ2) is 15.9. The zero-order valence-corrected chi connectivity index (χ0v) is 21.8. The molecule has 0 aliphatic carbocycles. The van der Waals surface area contributed by atoms with Gasteiger partial charge in [0.2, 0.25) is 0 Å². The van der Waals surface area contributed by atoms with Crippen LogP contribution >= 0.6 is 15.9 Å². The maximum atomic E-state index is 11.9. The summed E-state index contributed by atoms with van der Waals surface area (Å²) in [7, 11) is 1.34. The highest BCUT2D eigenvalue weighted by molar-refractivity contribution is 9.11. The van der Waals surface area contributed by atoms with E-state index in [-0.39, 0.29) is 0 Å². The van der Waals surface area contributed by atoms with Crippen LogP contribution in [0.15, 0.2) is 114 Å². The van der Waals surface area contributed by atoms with Crippen LogP contribution in [0.25, 0.3) is 0 Å². The Morgan fingerprint density at radius 1 is 0.694 bits per heavy atom. The highest BCUT2D eigenvalue weighted by Crippen LogP contribution is 2.21. The minimum atomic E-state index is -0.600. The molecule has 0 aromatic heterocycles. The highest BCUT2D eigenvalue weighted by atomic mass is 79.9. The van der Waals surface area contributed by atoms with Gasteiger partial charge in [-0.05, 0) is 33.8 Å². The maximum Gasteiger partial charge on any atom is 0.330 e. The first-order chi connectivity index (χ1) is 17.7. The summed E-state index contributed by atoms with van der Waals surface area (Å²) in [6.45, 7) is 1.08. The lowest BCUT2D eigenvalue weighted by atomic mass is 10.1. The molecule has 0 aliphatic heterocycles. The SMILES string of the molecule is COC(=O)/C=C/[C@@H](OCc1ccccc1)[C@H](OCc1ccccc1)[C@H](/C=C\Br)OCc1ccccc1. The summed E-state index contributed by atoms with van der Waals surface area (Å²) in [5.41, 5.74) is 3.07. The minimum Gasteiger partial charge on any atom is -0.466 e. The molecule has 3 atom stereocenters. The third-order valence-electron chi connectivity index (χ3n) is 5.39. The zero-order valence-electron chi connectivity index (χ0n) is 20.2. The van der Waals surface area contributed by atoms with Crippen LogP contribution < -0.4 is 0 Å². The monoisotopic (exact) mass is 550 g/mol. The molecule has 0 N–H and O–H groups in total. The first-order valence-electron chi connectivity index (χ1n) is 11.7. The van der Waals surface area contributed by atoms with Crippen LogP contribution in [-0.4, -0.2) is 31.4 Å². The lowest BCUT2D eigenvalue weighted by molar-refractivity contribution is -0.135. The molecule has 0 amide bonds. The summed E-state index contributed by atoms with van der Waals surface area (Å²) in [6.07, 6.45) is 3.27. The number of rotatable bonds is 14. The summed E-state index contributed by atoms with van der Waals surface area (Å²) in [4.78, 5) is 13.7. The standard InChI is InChI=1S/C30H31BrO5/c1-33-29(32)18-17-27(34-21-24-11-5-2-6-12-24)30(36-23-26-15-9-4-10-16-26)28(19-20-31)35-22-25-13-7-3-8-14-25/h2-20,27-28,30H,21-23H2,1H3/b18-17+,20-19-/t27-,28+,30+/m1/s1. The predicted molar refractivity (Wildman–Crippen MR) is 144 cm³/mol. The van der Waals surface area contributed by atoms with Crippen molar-refractivity contribution in [3.05, 3.63) is 131 Å². The van der Waals surface area contributed by atoms with Crippen LogP contribution in [0.5, 0.6) is 0 Å². The Labute approximate surface area is 221 Å². The van der Waals surface area contributed by atoms with Gasteiger partial charge < -0.3 is 18.9 Å². The molecule has 3 aromatic carbocycles. The summed E-state index contributed by atoms with van der Waals surface area (Å²) in [6, 6.07) is 29.7. The summed E-state index contributed by atoms with van der Waals surface area (Å²) >= 11 is 3.39. The van der Waals surface area contributed by atoms with Crippen molar-refractivity contribution in [1.82, 2.24) is 0 Å². The van der Waals surface area contributed by atoms with Crippen LogP contribution in [0.1, 0.15) is 16.7 Å². The van der Waals surface area contributed by atoms with Crippen LogP contribution in [0.4, 0.5) is 0 Å². The van der Waals surface area contributed by atoms with Crippen molar-refractivity contribution < 1.29 is 23.7 Å².